The van der Waals surface area contributed by atoms with Gasteiger partial charge in [-0.15, -0.1) is 0 Å². The van der Waals surface area contributed by atoms with E-state index >= 15 is 0 Å². The summed E-state index contributed by atoms with van der Waals surface area (Å²) >= 11 is 5.87. The average molecular weight is 211 g/mol. The Morgan fingerprint density at radius 3 is 3.07 bits per heavy atom. The number of hydrogen-bond donors (Lipinski definition) is 1. The van der Waals surface area contributed by atoms with Gasteiger partial charge in [-0.1, -0.05) is 30.5 Å². The quantitative estimate of drug-likeness (QED) is 0.721. The molecule has 2 heterocycles. The molecule has 0 saturated carbocycles. The fourth-order valence-corrected chi connectivity index (χ4v) is 2.07. The van der Waals surface area contributed by atoms with E-state index in [0.717, 1.165) is 12.2 Å². The first-order chi connectivity index (χ1) is 6.86. The topological polar surface area (TPSA) is 24.9 Å². The van der Waals surface area contributed by atoms with Gasteiger partial charge in [0.25, 0.3) is 0 Å². The highest BCUT2D eigenvalue weighted by Crippen LogP contribution is 2.21. The Hall–Kier alpha value is -0.600. The number of halogens is 1. The largest absolute Gasteiger partial charge is 0.309 e. The molecule has 14 heavy (non-hydrogen) atoms. The van der Waals surface area contributed by atoms with Gasteiger partial charge in [0.1, 0.15) is 5.15 Å². The highest BCUT2D eigenvalue weighted by Gasteiger charge is 2.14. The predicted molar refractivity (Wildman–Crippen MR) is 58.5 cm³/mol. The van der Waals surface area contributed by atoms with Gasteiger partial charge in [0.05, 0.1) is 5.69 Å². The molecule has 3 heteroatoms. The lowest BCUT2D eigenvalue weighted by atomic mass is 10.1. The monoisotopic (exact) mass is 210 g/mol. The second-order valence-corrected chi connectivity index (χ2v) is 4.13. The lowest BCUT2D eigenvalue weighted by molar-refractivity contribution is 0.522. The van der Waals surface area contributed by atoms with Crippen LogP contribution in [0.3, 0.4) is 0 Å². The molecule has 1 aliphatic rings. The van der Waals surface area contributed by atoms with Gasteiger partial charge in [-0.05, 0) is 31.5 Å². The molecule has 2 nitrogen and oxygen atoms in total. The summed E-state index contributed by atoms with van der Waals surface area (Å²) < 4.78 is 0. The molecule has 1 aromatic rings. The van der Waals surface area contributed by atoms with Crippen LogP contribution in [0.1, 0.15) is 37.4 Å². The van der Waals surface area contributed by atoms with Gasteiger partial charge < -0.3 is 5.32 Å². The van der Waals surface area contributed by atoms with E-state index in [2.05, 4.69) is 16.4 Å². The Morgan fingerprint density at radius 1 is 1.29 bits per heavy atom. The van der Waals surface area contributed by atoms with E-state index in [1.54, 1.807) is 0 Å². The lowest BCUT2D eigenvalue weighted by Gasteiger charge is -2.14. The molecule has 1 fully saturated rings. The minimum absolute atomic E-state index is 0.399. The molecule has 2 rings (SSSR count). The maximum Gasteiger partial charge on any atom is 0.129 e. The van der Waals surface area contributed by atoms with E-state index in [0.29, 0.717) is 11.2 Å². The normalized spacial score (nSPS) is 23.1. The summed E-state index contributed by atoms with van der Waals surface area (Å²) in [5.41, 5.74) is 1.08. The van der Waals surface area contributed by atoms with Gasteiger partial charge in [0.2, 0.25) is 0 Å². The van der Waals surface area contributed by atoms with Crippen LogP contribution in [-0.4, -0.2) is 11.5 Å². The summed E-state index contributed by atoms with van der Waals surface area (Å²) in [6.07, 6.45) is 5.06. The van der Waals surface area contributed by atoms with Crippen molar-refractivity contribution in [2.75, 3.05) is 6.54 Å². The first kappa shape index (κ1) is 9.94. The number of rotatable bonds is 1. The van der Waals surface area contributed by atoms with Crippen LogP contribution >= 0.6 is 11.6 Å². The molecule has 1 aliphatic heterocycles. The summed E-state index contributed by atoms with van der Waals surface area (Å²) in [4.78, 5) is 4.34. The highest BCUT2D eigenvalue weighted by molar-refractivity contribution is 6.29. The molecule has 0 bridgehead atoms. The zero-order chi connectivity index (χ0) is 9.80. The van der Waals surface area contributed by atoms with E-state index in [1.165, 1.54) is 25.7 Å². The number of nitrogens with one attached hydrogen (secondary N) is 1. The predicted octanol–water partition coefficient (Wildman–Crippen LogP) is 2.94. The van der Waals surface area contributed by atoms with Gasteiger partial charge in [-0.3, -0.25) is 0 Å². The van der Waals surface area contributed by atoms with Crippen LogP contribution in [0.25, 0.3) is 0 Å². The Kier molecular flexibility index (Phi) is 3.38. The van der Waals surface area contributed by atoms with Crippen LogP contribution in [0.15, 0.2) is 18.2 Å². The van der Waals surface area contributed by atoms with E-state index in [4.69, 9.17) is 11.6 Å². The van der Waals surface area contributed by atoms with Crippen LogP contribution in [-0.2, 0) is 0 Å². The zero-order valence-electron chi connectivity index (χ0n) is 8.17. The van der Waals surface area contributed by atoms with Crippen LogP contribution in [0.2, 0.25) is 5.15 Å². The Morgan fingerprint density at radius 2 is 2.21 bits per heavy atom. The molecule has 1 atom stereocenters. The van der Waals surface area contributed by atoms with Crippen LogP contribution < -0.4 is 5.32 Å². The van der Waals surface area contributed by atoms with Gasteiger partial charge in [-0.25, -0.2) is 4.98 Å². The van der Waals surface area contributed by atoms with Crippen LogP contribution in [0.5, 0.6) is 0 Å². The maximum atomic E-state index is 5.87. The third kappa shape index (κ3) is 2.46. The number of aromatic nitrogens is 1. The molecule has 0 aliphatic carbocycles. The summed E-state index contributed by atoms with van der Waals surface area (Å²) in [6, 6.07) is 6.24. The maximum absolute atomic E-state index is 5.87. The first-order valence-corrected chi connectivity index (χ1v) is 5.60. The Labute approximate surface area is 89.7 Å². The summed E-state index contributed by atoms with van der Waals surface area (Å²) in [5.74, 6) is 0. The van der Waals surface area contributed by atoms with Crippen LogP contribution in [0.4, 0.5) is 0 Å². The summed E-state index contributed by atoms with van der Waals surface area (Å²) in [5, 5.41) is 4.10. The van der Waals surface area contributed by atoms with Crippen molar-refractivity contribution in [3.63, 3.8) is 0 Å². The lowest BCUT2D eigenvalue weighted by Crippen LogP contribution is -2.21. The van der Waals surface area contributed by atoms with Crippen molar-refractivity contribution in [1.82, 2.24) is 10.3 Å². The van der Waals surface area contributed by atoms with E-state index < -0.39 is 0 Å². The van der Waals surface area contributed by atoms with Crippen molar-refractivity contribution in [2.24, 2.45) is 0 Å². The second-order valence-electron chi connectivity index (χ2n) is 3.74. The number of hydrogen-bond acceptors (Lipinski definition) is 2. The zero-order valence-corrected chi connectivity index (χ0v) is 8.93. The SMILES string of the molecule is Clc1cccc(C2CCCCCN2)n1. The van der Waals surface area contributed by atoms with E-state index in [1.807, 2.05) is 12.1 Å². The summed E-state index contributed by atoms with van der Waals surface area (Å²) in [7, 11) is 0. The van der Waals surface area contributed by atoms with Gasteiger partial charge in [-0.2, -0.15) is 0 Å². The fourth-order valence-electron chi connectivity index (χ4n) is 1.90. The van der Waals surface area contributed by atoms with Crippen LogP contribution in [0, 0.1) is 0 Å². The molecular weight excluding hydrogens is 196 g/mol. The molecule has 0 amide bonds. The van der Waals surface area contributed by atoms with Crippen molar-refractivity contribution in [2.45, 2.75) is 31.7 Å². The first-order valence-electron chi connectivity index (χ1n) is 5.22. The average Bonchev–Trinajstić information content (AvgIpc) is 2.45. The van der Waals surface area contributed by atoms with Gasteiger partial charge in [0, 0.05) is 6.04 Å². The van der Waals surface area contributed by atoms with E-state index in [-0.39, 0.29) is 0 Å². The molecule has 1 saturated heterocycles. The standard InChI is InChI=1S/C11H15ClN2/c12-11-7-4-6-10(14-11)9-5-2-1-3-8-13-9/h4,6-7,9,13H,1-3,5,8H2. The third-order valence-corrected chi connectivity index (χ3v) is 2.86. The highest BCUT2D eigenvalue weighted by atomic mass is 35.5. The minimum Gasteiger partial charge on any atom is -0.309 e. The van der Waals surface area contributed by atoms with Crippen molar-refractivity contribution in [3.05, 3.63) is 29.0 Å². The molecule has 1 N–H and O–H groups in total. The van der Waals surface area contributed by atoms with Gasteiger partial charge >= 0.3 is 0 Å². The smallest absolute Gasteiger partial charge is 0.129 e. The fraction of sp³-hybridized carbons (Fsp3) is 0.545. The molecule has 0 aromatic carbocycles. The van der Waals surface area contributed by atoms with Crippen molar-refractivity contribution >= 4 is 11.6 Å². The molecular formula is C11H15ClN2. The number of nitrogens with zero attached hydrogens (tertiary/aromatic N) is 1. The van der Waals surface area contributed by atoms with Crippen molar-refractivity contribution in [1.29, 1.82) is 0 Å². The Bertz CT molecular complexity index is 293. The van der Waals surface area contributed by atoms with E-state index in [9.17, 15) is 0 Å². The molecule has 1 unspecified atom stereocenters. The molecule has 1 aromatic heterocycles. The molecule has 76 valence electrons. The van der Waals surface area contributed by atoms with Crippen molar-refractivity contribution in [3.8, 4) is 0 Å². The molecule has 0 spiro atoms. The van der Waals surface area contributed by atoms with Gasteiger partial charge in [0.15, 0.2) is 0 Å². The second kappa shape index (κ2) is 4.76. The molecule has 0 radical (unpaired) electrons. The third-order valence-electron chi connectivity index (χ3n) is 2.65. The van der Waals surface area contributed by atoms with Crippen molar-refractivity contribution < 1.29 is 0 Å². The Balaban J connectivity index is 2.12. The number of pyridine rings is 1. The summed E-state index contributed by atoms with van der Waals surface area (Å²) in [6.45, 7) is 1.10. The minimum atomic E-state index is 0.399.